The van der Waals surface area contributed by atoms with E-state index in [-0.39, 0.29) is 16.4 Å². The summed E-state index contributed by atoms with van der Waals surface area (Å²) < 4.78 is 0. The lowest BCUT2D eigenvalue weighted by molar-refractivity contribution is -0.139. The lowest BCUT2D eigenvalue weighted by Crippen LogP contribution is -2.30. The smallest absolute Gasteiger partial charge is 0.295 e. The quantitative estimate of drug-likeness (QED) is 0.437. The molecule has 4 nitrogen and oxygen atoms in total. The molecule has 1 heterocycles. The van der Waals surface area contributed by atoms with Gasteiger partial charge >= 0.3 is 0 Å². The standard InChI is InChI=1S/C21H19Cl2NO3/c1-3-9-24-18(13-6-4-5-12(2)10-13)17(20(26)21(24)27)19(25)14-7-8-15(22)16(23)11-14/h4-8,10-11,18,25H,3,9H2,1-2H3/b19-17-. The van der Waals surface area contributed by atoms with Crippen LogP contribution in [0.2, 0.25) is 10.0 Å². The van der Waals surface area contributed by atoms with Crippen LogP contribution >= 0.6 is 23.2 Å². The predicted molar refractivity (Wildman–Crippen MR) is 107 cm³/mol. The highest BCUT2D eigenvalue weighted by Gasteiger charge is 2.45. The van der Waals surface area contributed by atoms with Gasteiger partial charge in [-0.15, -0.1) is 0 Å². The van der Waals surface area contributed by atoms with Crippen molar-refractivity contribution in [2.45, 2.75) is 26.3 Å². The zero-order chi connectivity index (χ0) is 19.7. The van der Waals surface area contributed by atoms with Gasteiger partial charge in [-0.25, -0.2) is 0 Å². The molecule has 0 bridgehead atoms. The van der Waals surface area contributed by atoms with Crippen molar-refractivity contribution >= 4 is 40.7 Å². The number of carbonyl (C=O) groups excluding carboxylic acids is 2. The third-order valence-electron chi connectivity index (χ3n) is 4.56. The molecule has 0 aliphatic carbocycles. The largest absolute Gasteiger partial charge is 0.507 e. The summed E-state index contributed by atoms with van der Waals surface area (Å²) in [6, 6.07) is 11.5. The van der Waals surface area contributed by atoms with Gasteiger partial charge in [-0.05, 0) is 37.1 Å². The Morgan fingerprint density at radius 1 is 1.11 bits per heavy atom. The molecule has 3 rings (SSSR count). The minimum atomic E-state index is -0.696. The third-order valence-corrected chi connectivity index (χ3v) is 5.29. The minimum absolute atomic E-state index is 0.0671. The van der Waals surface area contributed by atoms with Gasteiger partial charge in [-0.2, -0.15) is 0 Å². The van der Waals surface area contributed by atoms with Crippen LogP contribution < -0.4 is 0 Å². The summed E-state index contributed by atoms with van der Waals surface area (Å²) in [7, 11) is 0. The molecule has 0 saturated carbocycles. The number of ketones is 1. The highest BCUT2D eigenvalue weighted by molar-refractivity contribution is 6.46. The lowest BCUT2D eigenvalue weighted by Gasteiger charge is -2.25. The van der Waals surface area contributed by atoms with Crippen molar-refractivity contribution in [2.24, 2.45) is 0 Å². The van der Waals surface area contributed by atoms with Gasteiger partial charge in [0.05, 0.1) is 21.7 Å². The average Bonchev–Trinajstić information content (AvgIpc) is 2.89. The van der Waals surface area contributed by atoms with E-state index in [9.17, 15) is 14.7 Å². The number of carbonyl (C=O) groups is 2. The molecule has 1 fully saturated rings. The summed E-state index contributed by atoms with van der Waals surface area (Å²) in [5, 5.41) is 11.5. The van der Waals surface area contributed by atoms with Crippen LogP contribution in [0.3, 0.4) is 0 Å². The van der Waals surface area contributed by atoms with Crippen molar-refractivity contribution in [2.75, 3.05) is 6.54 Å². The van der Waals surface area contributed by atoms with Crippen molar-refractivity contribution in [3.63, 3.8) is 0 Å². The molecule has 6 heteroatoms. The fraction of sp³-hybridized carbons (Fsp3) is 0.238. The van der Waals surface area contributed by atoms with E-state index in [2.05, 4.69) is 0 Å². The van der Waals surface area contributed by atoms with Crippen LogP contribution in [-0.2, 0) is 9.59 Å². The molecular weight excluding hydrogens is 385 g/mol. The Balaban J connectivity index is 2.21. The Bertz CT molecular complexity index is 952. The molecular formula is C21H19Cl2NO3. The molecule has 0 radical (unpaired) electrons. The molecule has 27 heavy (non-hydrogen) atoms. The molecule has 0 spiro atoms. The van der Waals surface area contributed by atoms with E-state index in [0.717, 1.165) is 11.1 Å². The van der Waals surface area contributed by atoms with Crippen molar-refractivity contribution < 1.29 is 14.7 Å². The van der Waals surface area contributed by atoms with Crippen LogP contribution in [0.5, 0.6) is 0 Å². The first kappa shape index (κ1) is 19.5. The highest BCUT2D eigenvalue weighted by Crippen LogP contribution is 2.40. The molecule has 1 unspecified atom stereocenters. The molecule has 1 saturated heterocycles. The summed E-state index contributed by atoms with van der Waals surface area (Å²) in [6.07, 6.45) is 0.697. The van der Waals surface area contributed by atoms with Gasteiger partial charge in [-0.3, -0.25) is 9.59 Å². The van der Waals surface area contributed by atoms with Crippen molar-refractivity contribution in [1.29, 1.82) is 0 Å². The Labute approximate surface area is 168 Å². The summed E-state index contributed by atoms with van der Waals surface area (Å²) in [5.74, 6) is -1.56. The summed E-state index contributed by atoms with van der Waals surface area (Å²) >= 11 is 12.0. The topological polar surface area (TPSA) is 57.6 Å². The van der Waals surface area contributed by atoms with E-state index >= 15 is 0 Å². The second-order valence-corrected chi connectivity index (χ2v) is 7.35. The fourth-order valence-electron chi connectivity index (χ4n) is 3.34. The number of hydrogen-bond acceptors (Lipinski definition) is 3. The van der Waals surface area contributed by atoms with E-state index in [1.54, 1.807) is 12.1 Å². The van der Waals surface area contributed by atoms with Crippen LogP contribution in [0, 0.1) is 6.92 Å². The normalized spacial score (nSPS) is 19.0. The molecule has 1 aliphatic rings. The van der Waals surface area contributed by atoms with Gasteiger partial charge in [0.1, 0.15) is 5.76 Å². The van der Waals surface area contributed by atoms with Gasteiger partial charge in [0.15, 0.2) is 0 Å². The Morgan fingerprint density at radius 3 is 2.48 bits per heavy atom. The van der Waals surface area contributed by atoms with E-state index < -0.39 is 17.7 Å². The fourth-order valence-corrected chi connectivity index (χ4v) is 3.64. The number of halogens is 2. The number of nitrogens with zero attached hydrogens (tertiary/aromatic N) is 1. The second-order valence-electron chi connectivity index (χ2n) is 6.54. The Kier molecular flexibility index (Phi) is 5.59. The van der Waals surface area contributed by atoms with Gasteiger partial charge in [0.2, 0.25) is 0 Å². The van der Waals surface area contributed by atoms with E-state index in [4.69, 9.17) is 23.2 Å². The number of aryl methyl sites for hydroxylation is 1. The second kappa shape index (κ2) is 7.75. The zero-order valence-electron chi connectivity index (χ0n) is 15.0. The van der Waals surface area contributed by atoms with Crippen LogP contribution in [0.15, 0.2) is 48.0 Å². The Morgan fingerprint density at radius 2 is 1.85 bits per heavy atom. The van der Waals surface area contributed by atoms with Gasteiger partial charge in [0.25, 0.3) is 11.7 Å². The molecule has 140 valence electrons. The van der Waals surface area contributed by atoms with Crippen LogP contribution in [0.25, 0.3) is 5.76 Å². The Hall–Kier alpha value is -2.30. The maximum absolute atomic E-state index is 12.8. The maximum atomic E-state index is 12.8. The van der Waals surface area contributed by atoms with Crippen molar-refractivity contribution in [3.8, 4) is 0 Å². The molecule has 1 N–H and O–H groups in total. The van der Waals surface area contributed by atoms with E-state index in [1.165, 1.54) is 11.0 Å². The minimum Gasteiger partial charge on any atom is -0.507 e. The first-order valence-electron chi connectivity index (χ1n) is 8.65. The summed E-state index contributed by atoms with van der Waals surface area (Å²) in [5.41, 5.74) is 2.20. The SMILES string of the molecule is CCCN1C(=O)C(=O)/C(=C(\O)c2ccc(Cl)c(Cl)c2)C1c1cccc(C)c1. The first-order chi connectivity index (χ1) is 12.8. The monoisotopic (exact) mass is 403 g/mol. The molecule has 2 aromatic rings. The van der Waals surface area contributed by atoms with Crippen molar-refractivity contribution in [3.05, 3.63) is 74.8 Å². The van der Waals surface area contributed by atoms with Crippen LogP contribution in [0.1, 0.15) is 36.1 Å². The molecule has 1 aliphatic heterocycles. The zero-order valence-corrected chi connectivity index (χ0v) is 16.5. The maximum Gasteiger partial charge on any atom is 0.295 e. The molecule has 1 amide bonds. The molecule has 0 aromatic heterocycles. The number of amides is 1. The number of likely N-dealkylation sites (tertiary alicyclic amines) is 1. The van der Waals surface area contributed by atoms with Gasteiger partial charge in [-0.1, -0.05) is 60.0 Å². The predicted octanol–water partition coefficient (Wildman–Crippen LogP) is 5.13. The number of aliphatic hydroxyl groups is 1. The summed E-state index contributed by atoms with van der Waals surface area (Å²) in [6.45, 7) is 4.29. The van der Waals surface area contributed by atoms with Gasteiger partial charge in [0, 0.05) is 12.1 Å². The molecule has 1 atom stereocenters. The van der Waals surface area contributed by atoms with Gasteiger partial charge < -0.3 is 10.0 Å². The van der Waals surface area contributed by atoms with E-state index in [1.807, 2.05) is 38.1 Å². The van der Waals surface area contributed by atoms with E-state index in [0.29, 0.717) is 23.6 Å². The lowest BCUT2D eigenvalue weighted by atomic mass is 9.94. The number of hydrogen-bond donors (Lipinski definition) is 1. The summed E-state index contributed by atoms with van der Waals surface area (Å²) in [4.78, 5) is 26.9. The first-order valence-corrected chi connectivity index (χ1v) is 9.41. The van der Waals surface area contributed by atoms with Crippen molar-refractivity contribution in [1.82, 2.24) is 4.90 Å². The van der Waals surface area contributed by atoms with Crippen LogP contribution in [-0.4, -0.2) is 28.2 Å². The van der Waals surface area contributed by atoms with Crippen LogP contribution in [0.4, 0.5) is 0 Å². The highest BCUT2D eigenvalue weighted by atomic mass is 35.5. The number of benzene rings is 2. The number of Topliss-reactive ketones (excluding diaryl/α,β-unsaturated/α-hetero) is 1. The average molecular weight is 404 g/mol. The number of aliphatic hydroxyl groups excluding tert-OH is 1. The number of rotatable bonds is 4. The third kappa shape index (κ3) is 3.60. The molecule has 2 aromatic carbocycles.